The van der Waals surface area contributed by atoms with Gasteiger partial charge in [-0.15, -0.1) is 0 Å². The van der Waals surface area contributed by atoms with E-state index < -0.39 is 0 Å². The quantitative estimate of drug-likeness (QED) is 0.790. The lowest BCUT2D eigenvalue weighted by Gasteiger charge is -2.19. The number of aryl methyl sites for hydroxylation is 2. The topological polar surface area (TPSA) is 48.7 Å². The van der Waals surface area contributed by atoms with Crippen LogP contribution < -0.4 is 5.32 Å². The molecule has 0 amide bonds. The van der Waals surface area contributed by atoms with Crippen molar-refractivity contribution in [2.24, 2.45) is 0 Å². The molecule has 0 aliphatic heterocycles. The van der Waals surface area contributed by atoms with Crippen molar-refractivity contribution >= 4 is 5.82 Å². The van der Waals surface area contributed by atoms with Gasteiger partial charge in [-0.2, -0.15) is 5.26 Å². The van der Waals surface area contributed by atoms with Gasteiger partial charge >= 0.3 is 0 Å². The molecule has 1 aromatic heterocycles. The summed E-state index contributed by atoms with van der Waals surface area (Å²) in [7, 11) is 0. The second-order valence-electron chi connectivity index (χ2n) is 4.51. The molecule has 0 fully saturated rings. The molecule has 1 aromatic rings. The molecule has 1 heterocycles. The number of rotatable bonds is 2. The van der Waals surface area contributed by atoms with Gasteiger partial charge in [0.1, 0.15) is 11.9 Å². The number of nitrogens with zero attached hydrogens (tertiary/aromatic N) is 2. The van der Waals surface area contributed by atoms with Gasteiger partial charge in [0, 0.05) is 6.04 Å². The Bertz CT molecular complexity index is 460. The van der Waals surface area contributed by atoms with Crippen molar-refractivity contribution in [1.29, 1.82) is 5.26 Å². The van der Waals surface area contributed by atoms with Crippen LogP contribution in [0.1, 0.15) is 36.1 Å². The van der Waals surface area contributed by atoms with Crippen molar-refractivity contribution in [3.63, 3.8) is 0 Å². The number of allylic oxidation sites excluding steroid dienone is 1. The first-order valence-electron chi connectivity index (χ1n) is 6.02. The summed E-state index contributed by atoms with van der Waals surface area (Å²) in [6.45, 7) is 3.84. The maximum atomic E-state index is 8.99. The molecule has 1 unspecified atom stereocenters. The number of aromatic nitrogens is 1. The van der Waals surface area contributed by atoms with Crippen LogP contribution in [0, 0.1) is 25.2 Å². The van der Waals surface area contributed by atoms with Gasteiger partial charge in [0.25, 0.3) is 0 Å². The normalized spacial score (nSPS) is 18.8. The van der Waals surface area contributed by atoms with E-state index in [1.807, 2.05) is 19.9 Å². The number of pyridine rings is 1. The number of hydrogen-bond donors (Lipinski definition) is 1. The SMILES string of the molecule is Cc1cc(NC2C=CCCC2)nc(C)c1C#N. The molecule has 2 rings (SSSR count). The fourth-order valence-electron chi connectivity index (χ4n) is 2.20. The summed E-state index contributed by atoms with van der Waals surface area (Å²) in [5, 5.41) is 12.4. The van der Waals surface area contributed by atoms with Gasteiger partial charge < -0.3 is 5.32 Å². The van der Waals surface area contributed by atoms with Crippen LogP contribution in [0.2, 0.25) is 0 Å². The fourth-order valence-corrected chi connectivity index (χ4v) is 2.20. The maximum absolute atomic E-state index is 8.99. The van der Waals surface area contributed by atoms with Gasteiger partial charge in [-0.05, 0) is 44.7 Å². The molecule has 0 bridgehead atoms. The second-order valence-corrected chi connectivity index (χ2v) is 4.51. The Kier molecular flexibility index (Phi) is 3.43. The van der Waals surface area contributed by atoms with Crippen molar-refractivity contribution in [2.75, 3.05) is 5.32 Å². The van der Waals surface area contributed by atoms with Crippen LogP contribution in [-0.2, 0) is 0 Å². The summed E-state index contributed by atoms with van der Waals surface area (Å²) in [5.41, 5.74) is 2.48. The molecule has 0 radical (unpaired) electrons. The summed E-state index contributed by atoms with van der Waals surface area (Å²) >= 11 is 0. The zero-order valence-electron chi connectivity index (χ0n) is 10.3. The summed E-state index contributed by atoms with van der Waals surface area (Å²) < 4.78 is 0. The van der Waals surface area contributed by atoms with E-state index in [9.17, 15) is 0 Å². The molecule has 17 heavy (non-hydrogen) atoms. The monoisotopic (exact) mass is 227 g/mol. The third-order valence-corrected chi connectivity index (χ3v) is 3.10. The minimum Gasteiger partial charge on any atom is -0.364 e. The van der Waals surface area contributed by atoms with Gasteiger partial charge in [0.15, 0.2) is 0 Å². The summed E-state index contributed by atoms with van der Waals surface area (Å²) in [6, 6.07) is 4.52. The highest BCUT2D eigenvalue weighted by atomic mass is 15.0. The van der Waals surface area contributed by atoms with E-state index in [2.05, 4.69) is 28.5 Å². The van der Waals surface area contributed by atoms with E-state index in [0.717, 1.165) is 23.5 Å². The molecule has 3 heteroatoms. The first-order valence-corrected chi connectivity index (χ1v) is 6.02. The van der Waals surface area contributed by atoms with Gasteiger partial charge in [-0.1, -0.05) is 12.2 Å². The summed E-state index contributed by atoms with van der Waals surface area (Å²) in [5.74, 6) is 0.871. The van der Waals surface area contributed by atoms with Gasteiger partial charge in [0.05, 0.1) is 11.3 Å². The minimum absolute atomic E-state index is 0.378. The summed E-state index contributed by atoms with van der Waals surface area (Å²) in [4.78, 5) is 4.43. The smallest absolute Gasteiger partial charge is 0.127 e. The highest BCUT2D eigenvalue weighted by Gasteiger charge is 2.11. The summed E-state index contributed by atoms with van der Waals surface area (Å²) in [6.07, 6.45) is 7.97. The van der Waals surface area contributed by atoms with Crippen molar-refractivity contribution in [3.05, 3.63) is 35.0 Å². The van der Waals surface area contributed by atoms with Crippen molar-refractivity contribution in [2.45, 2.75) is 39.2 Å². The molecule has 1 atom stereocenters. The van der Waals surface area contributed by atoms with Crippen LogP contribution in [0.3, 0.4) is 0 Å². The average molecular weight is 227 g/mol. The fraction of sp³-hybridized carbons (Fsp3) is 0.429. The van der Waals surface area contributed by atoms with Crippen LogP contribution in [0.5, 0.6) is 0 Å². The number of anilines is 1. The molecular weight excluding hydrogens is 210 g/mol. The standard InChI is InChI=1S/C14H17N3/c1-10-8-14(16-11(2)13(10)9-15)17-12-6-4-3-5-7-12/h4,6,8,12H,3,5,7H2,1-2H3,(H,16,17). The first-order chi connectivity index (χ1) is 8.20. The number of nitrogens with one attached hydrogen (secondary N) is 1. The van der Waals surface area contributed by atoms with Crippen molar-refractivity contribution < 1.29 is 0 Å². The number of hydrogen-bond acceptors (Lipinski definition) is 3. The molecule has 0 aromatic carbocycles. The molecule has 1 aliphatic rings. The molecule has 88 valence electrons. The predicted molar refractivity (Wildman–Crippen MR) is 68.8 cm³/mol. The molecule has 0 saturated heterocycles. The Morgan fingerprint density at radius 3 is 2.88 bits per heavy atom. The third-order valence-electron chi connectivity index (χ3n) is 3.10. The molecule has 1 N–H and O–H groups in total. The lowest BCUT2D eigenvalue weighted by Crippen LogP contribution is -2.19. The van der Waals surface area contributed by atoms with E-state index >= 15 is 0 Å². The maximum Gasteiger partial charge on any atom is 0.127 e. The Labute approximate surface area is 102 Å². The molecular formula is C14H17N3. The molecule has 3 nitrogen and oxygen atoms in total. The van der Waals surface area contributed by atoms with E-state index in [4.69, 9.17) is 5.26 Å². The molecule has 0 saturated carbocycles. The molecule has 0 spiro atoms. The van der Waals surface area contributed by atoms with Crippen molar-refractivity contribution in [3.8, 4) is 6.07 Å². The van der Waals surface area contributed by atoms with Gasteiger partial charge in [-0.3, -0.25) is 0 Å². The Morgan fingerprint density at radius 1 is 1.47 bits per heavy atom. The number of nitriles is 1. The lowest BCUT2D eigenvalue weighted by atomic mass is 10.0. The zero-order chi connectivity index (χ0) is 12.3. The zero-order valence-corrected chi connectivity index (χ0v) is 10.3. The average Bonchev–Trinajstić information content (AvgIpc) is 2.30. The Hall–Kier alpha value is -1.82. The van der Waals surface area contributed by atoms with Crippen LogP contribution >= 0.6 is 0 Å². The lowest BCUT2D eigenvalue weighted by molar-refractivity contribution is 0.671. The Morgan fingerprint density at radius 2 is 2.29 bits per heavy atom. The van der Waals surface area contributed by atoms with E-state index in [-0.39, 0.29) is 0 Å². The highest BCUT2D eigenvalue weighted by Crippen LogP contribution is 2.19. The van der Waals surface area contributed by atoms with Crippen LogP contribution in [0.4, 0.5) is 5.82 Å². The van der Waals surface area contributed by atoms with E-state index in [0.29, 0.717) is 11.6 Å². The third kappa shape index (κ3) is 2.65. The van der Waals surface area contributed by atoms with Crippen LogP contribution in [0.25, 0.3) is 0 Å². The molecule has 1 aliphatic carbocycles. The van der Waals surface area contributed by atoms with Gasteiger partial charge in [-0.25, -0.2) is 4.98 Å². The van der Waals surface area contributed by atoms with Crippen molar-refractivity contribution in [1.82, 2.24) is 4.98 Å². The second kappa shape index (κ2) is 5.01. The van der Waals surface area contributed by atoms with Crippen LogP contribution in [0.15, 0.2) is 18.2 Å². The Balaban J connectivity index is 2.20. The van der Waals surface area contributed by atoms with Crippen LogP contribution in [-0.4, -0.2) is 11.0 Å². The van der Waals surface area contributed by atoms with E-state index in [1.165, 1.54) is 12.8 Å². The van der Waals surface area contributed by atoms with Gasteiger partial charge in [0.2, 0.25) is 0 Å². The minimum atomic E-state index is 0.378. The first kappa shape index (κ1) is 11.7. The highest BCUT2D eigenvalue weighted by molar-refractivity contribution is 5.49. The largest absolute Gasteiger partial charge is 0.364 e. The van der Waals surface area contributed by atoms with E-state index in [1.54, 1.807) is 0 Å². The predicted octanol–water partition coefficient (Wildman–Crippen LogP) is 3.09.